The van der Waals surface area contributed by atoms with Crippen molar-refractivity contribution < 1.29 is 4.74 Å². The Kier molecular flexibility index (Phi) is 3.41. The monoisotopic (exact) mass is 246 g/mol. The highest BCUT2D eigenvalue weighted by Gasteiger charge is 2.20. The van der Waals surface area contributed by atoms with Gasteiger partial charge in [0.2, 0.25) is 0 Å². The molecule has 0 saturated carbocycles. The Morgan fingerprint density at radius 1 is 1.17 bits per heavy atom. The number of morpholine rings is 1. The number of ether oxygens (including phenoxy) is 1. The lowest BCUT2D eigenvalue weighted by atomic mass is 10.1. The molecule has 0 aliphatic carbocycles. The van der Waals surface area contributed by atoms with E-state index < -0.39 is 0 Å². The van der Waals surface area contributed by atoms with Crippen molar-refractivity contribution in [2.75, 3.05) is 49.2 Å². The molecule has 0 atom stereocenters. The molecule has 0 unspecified atom stereocenters. The maximum Gasteiger partial charge on any atom is 0.0642 e. The number of anilines is 2. The van der Waals surface area contributed by atoms with Gasteiger partial charge in [0.15, 0.2) is 0 Å². The summed E-state index contributed by atoms with van der Waals surface area (Å²) in [6.45, 7) is 8.38. The summed E-state index contributed by atoms with van der Waals surface area (Å²) in [5, 5.41) is 0. The summed E-state index contributed by atoms with van der Waals surface area (Å²) in [6, 6.07) is 6.97. The first-order valence-corrected chi connectivity index (χ1v) is 7.09. The Bertz CT molecular complexity index is 411. The number of hydrogen-bond donors (Lipinski definition) is 0. The van der Waals surface area contributed by atoms with Crippen molar-refractivity contribution in [3.05, 3.63) is 23.8 Å². The van der Waals surface area contributed by atoms with Crippen LogP contribution in [0.3, 0.4) is 0 Å². The molecule has 3 heteroatoms. The highest BCUT2D eigenvalue weighted by molar-refractivity contribution is 5.66. The zero-order chi connectivity index (χ0) is 12.4. The van der Waals surface area contributed by atoms with Crippen LogP contribution in [0.2, 0.25) is 0 Å². The maximum absolute atomic E-state index is 5.42. The van der Waals surface area contributed by atoms with Gasteiger partial charge in [-0.2, -0.15) is 0 Å². The van der Waals surface area contributed by atoms with Crippen LogP contribution in [0.4, 0.5) is 11.4 Å². The number of benzene rings is 1. The molecule has 0 radical (unpaired) electrons. The van der Waals surface area contributed by atoms with E-state index in [2.05, 4.69) is 34.9 Å². The quantitative estimate of drug-likeness (QED) is 0.814. The normalized spacial score (nSPS) is 19.2. The van der Waals surface area contributed by atoms with Crippen molar-refractivity contribution in [3.8, 4) is 0 Å². The zero-order valence-electron chi connectivity index (χ0n) is 11.2. The molecule has 1 aromatic carbocycles. The van der Waals surface area contributed by atoms with Gasteiger partial charge in [-0.1, -0.05) is 13.0 Å². The van der Waals surface area contributed by atoms with Gasteiger partial charge in [0.05, 0.1) is 13.2 Å². The maximum atomic E-state index is 5.42. The lowest BCUT2D eigenvalue weighted by Gasteiger charge is -2.30. The second-order valence-corrected chi connectivity index (χ2v) is 5.15. The topological polar surface area (TPSA) is 15.7 Å². The predicted octanol–water partition coefficient (Wildman–Crippen LogP) is 2.30. The molecular weight excluding hydrogens is 224 g/mol. The number of hydrogen-bond acceptors (Lipinski definition) is 3. The first-order valence-electron chi connectivity index (χ1n) is 7.09. The highest BCUT2D eigenvalue weighted by Crippen LogP contribution is 2.32. The molecule has 3 nitrogen and oxygen atoms in total. The fourth-order valence-electron chi connectivity index (χ4n) is 2.95. The van der Waals surface area contributed by atoms with Gasteiger partial charge in [0.1, 0.15) is 0 Å². The van der Waals surface area contributed by atoms with Gasteiger partial charge >= 0.3 is 0 Å². The lowest BCUT2D eigenvalue weighted by molar-refractivity contribution is 0.122. The predicted molar refractivity (Wildman–Crippen MR) is 75.7 cm³/mol. The molecule has 1 saturated heterocycles. The van der Waals surface area contributed by atoms with E-state index in [4.69, 9.17) is 4.74 Å². The van der Waals surface area contributed by atoms with E-state index in [9.17, 15) is 0 Å². The summed E-state index contributed by atoms with van der Waals surface area (Å²) in [5.41, 5.74) is 4.33. The first-order chi connectivity index (χ1) is 8.88. The van der Waals surface area contributed by atoms with Crippen LogP contribution in [0.1, 0.15) is 18.9 Å². The van der Waals surface area contributed by atoms with E-state index in [-0.39, 0.29) is 0 Å². The largest absolute Gasteiger partial charge is 0.378 e. The van der Waals surface area contributed by atoms with E-state index in [1.54, 1.807) is 0 Å². The molecular formula is C15H22N2O. The first kappa shape index (κ1) is 11.8. The fourth-order valence-corrected chi connectivity index (χ4v) is 2.95. The van der Waals surface area contributed by atoms with Crippen LogP contribution in [0.25, 0.3) is 0 Å². The summed E-state index contributed by atoms with van der Waals surface area (Å²) < 4.78 is 5.42. The third kappa shape index (κ3) is 2.19. The van der Waals surface area contributed by atoms with Gasteiger partial charge in [0, 0.05) is 37.6 Å². The van der Waals surface area contributed by atoms with Crippen molar-refractivity contribution in [1.82, 2.24) is 0 Å². The third-order valence-electron chi connectivity index (χ3n) is 3.93. The summed E-state index contributed by atoms with van der Waals surface area (Å²) in [5.74, 6) is 0. The van der Waals surface area contributed by atoms with Crippen molar-refractivity contribution in [1.29, 1.82) is 0 Å². The summed E-state index contributed by atoms with van der Waals surface area (Å²) in [6.07, 6.45) is 2.43. The van der Waals surface area contributed by atoms with Crippen LogP contribution >= 0.6 is 0 Å². The van der Waals surface area contributed by atoms with E-state index >= 15 is 0 Å². The fraction of sp³-hybridized carbons (Fsp3) is 0.600. The van der Waals surface area contributed by atoms with Crippen molar-refractivity contribution in [3.63, 3.8) is 0 Å². The second-order valence-electron chi connectivity index (χ2n) is 5.15. The molecule has 3 rings (SSSR count). The molecule has 0 aromatic heterocycles. The molecule has 0 bridgehead atoms. The van der Waals surface area contributed by atoms with Gasteiger partial charge in [-0.3, -0.25) is 0 Å². The molecule has 18 heavy (non-hydrogen) atoms. The molecule has 1 fully saturated rings. The molecule has 2 aliphatic rings. The second kappa shape index (κ2) is 5.19. The van der Waals surface area contributed by atoms with Crippen molar-refractivity contribution in [2.24, 2.45) is 0 Å². The van der Waals surface area contributed by atoms with E-state index in [1.165, 1.54) is 42.9 Å². The third-order valence-corrected chi connectivity index (χ3v) is 3.93. The molecule has 2 aliphatic heterocycles. The van der Waals surface area contributed by atoms with Crippen LogP contribution in [0.15, 0.2) is 18.2 Å². The van der Waals surface area contributed by atoms with Crippen LogP contribution in [0.5, 0.6) is 0 Å². The van der Waals surface area contributed by atoms with Gasteiger partial charge in [-0.15, -0.1) is 0 Å². The summed E-state index contributed by atoms with van der Waals surface area (Å²) in [7, 11) is 0. The average Bonchev–Trinajstić information content (AvgIpc) is 2.83. The van der Waals surface area contributed by atoms with Crippen molar-refractivity contribution >= 4 is 11.4 Å². The van der Waals surface area contributed by atoms with Crippen molar-refractivity contribution in [2.45, 2.75) is 19.8 Å². The average molecular weight is 246 g/mol. The Morgan fingerprint density at radius 2 is 2.00 bits per heavy atom. The minimum atomic E-state index is 0.857. The molecule has 0 N–H and O–H groups in total. The van der Waals surface area contributed by atoms with Gasteiger partial charge in [-0.05, 0) is 30.5 Å². The number of fused-ring (bicyclic) bond motifs is 1. The zero-order valence-corrected chi connectivity index (χ0v) is 11.2. The van der Waals surface area contributed by atoms with E-state index in [0.29, 0.717) is 0 Å². The Hall–Kier alpha value is -1.22. The smallest absolute Gasteiger partial charge is 0.0642 e. The Labute approximate surface area is 109 Å². The van der Waals surface area contributed by atoms with Gasteiger partial charge < -0.3 is 14.5 Å². The highest BCUT2D eigenvalue weighted by atomic mass is 16.5. The Balaban J connectivity index is 1.83. The molecule has 98 valence electrons. The Morgan fingerprint density at radius 3 is 2.78 bits per heavy atom. The molecule has 1 aromatic rings. The standard InChI is InChI=1S/C15H22N2O/c1-2-6-17-7-5-13-3-4-14(12-15(13)17)16-8-10-18-11-9-16/h3-4,12H,2,5-11H2,1H3. The van der Waals surface area contributed by atoms with Crippen LogP contribution < -0.4 is 9.80 Å². The van der Waals surface area contributed by atoms with E-state index in [1.807, 2.05) is 0 Å². The van der Waals surface area contributed by atoms with Gasteiger partial charge in [-0.25, -0.2) is 0 Å². The van der Waals surface area contributed by atoms with Crippen LogP contribution in [0, 0.1) is 0 Å². The molecule has 0 spiro atoms. The van der Waals surface area contributed by atoms with Crippen LogP contribution in [-0.4, -0.2) is 39.4 Å². The molecule has 2 heterocycles. The summed E-state index contributed by atoms with van der Waals surface area (Å²) >= 11 is 0. The minimum absolute atomic E-state index is 0.857. The number of nitrogens with zero attached hydrogens (tertiary/aromatic N) is 2. The summed E-state index contributed by atoms with van der Waals surface area (Å²) in [4.78, 5) is 4.96. The van der Waals surface area contributed by atoms with E-state index in [0.717, 1.165) is 26.3 Å². The van der Waals surface area contributed by atoms with Gasteiger partial charge in [0.25, 0.3) is 0 Å². The van der Waals surface area contributed by atoms with Crippen LogP contribution in [-0.2, 0) is 11.2 Å². The molecule has 0 amide bonds. The SMILES string of the molecule is CCCN1CCc2ccc(N3CCOCC3)cc21. The lowest BCUT2D eigenvalue weighted by Crippen LogP contribution is -2.36. The number of rotatable bonds is 3. The minimum Gasteiger partial charge on any atom is -0.378 e.